The van der Waals surface area contributed by atoms with Gasteiger partial charge in [-0.05, 0) is 50.1 Å². The first-order valence-electron chi connectivity index (χ1n) is 8.17. The maximum absolute atomic E-state index is 12.1. The molecular formula is C18H24N4O2. The number of amides is 1. The maximum Gasteiger partial charge on any atom is 0.271 e. The zero-order chi connectivity index (χ0) is 17.4. The number of aromatic nitrogens is 2. The van der Waals surface area contributed by atoms with Crippen molar-refractivity contribution in [2.75, 3.05) is 31.6 Å². The van der Waals surface area contributed by atoms with E-state index < -0.39 is 0 Å². The molecule has 2 rings (SSSR count). The Bertz CT molecular complexity index is 654. The highest BCUT2D eigenvalue weighted by molar-refractivity contribution is 5.92. The predicted octanol–water partition coefficient (Wildman–Crippen LogP) is 2.30. The standard InChI is InChI=1S/C18H24N4O2/c1-4-22(5-2)17-10-9-16(20-21-17)18(23)19-12-11-14-7-6-8-15(13-14)24-3/h6-10,13H,4-5,11-12H2,1-3H3,(H,19,23). The van der Waals surface area contributed by atoms with E-state index in [0.29, 0.717) is 12.2 Å². The van der Waals surface area contributed by atoms with Gasteiger partial charge < -0.3 is 15.0 Å². The third-order valence-electron chi connectivity index (χ3n) is 3.80. The highest BCUT2D eigenvalue weighted by Gasteiger charge is 2.10. The average Bonchev–Trinajstić information content (AvgIpc) is 2.63. The number of carbonyl (C=O) groups excluding carboxylic acids is 1. The average molecular weight is 328 g/mol. The lowest BCUT2D eigenvalue weighted by Crippen LogP contribution is -2.28. The smallest absolute Gasteiger partial charge is 0.271 e. The summed E-state index contributed by atoms with van der Waals surface area (Å²) in [6.07, 6.45) is 0.730. The molecule has 0 saturated heterocycles. The van der Waals surface area contributed by atoms with Gasteiger partial charge in [-0.15, -0.1) is 10.2 Å². The molecule has 0 aliphatic rings. The molecule has 1 aromatic carbocycles. The molecule has 2 aromatic rings. The van der Waals surface area contributed by atoms with Gasteiger partial charge in [0.15, 0.2) is 11.5 Å². The van der Waals surface area contributed by atoms with Gasteiger partial charge in [0.2, 0.25) is 0 Å². The topological polar surface area (TPSA) is 67.4 Å². The minimum Gasteiger partial charge on any atom is -0.497 e. The fourth-order valence-corrected chi connectivity index (χ4v) is 2.40. The summed E-state index contributed by atoms with van der Waals surface area (Å²) in [5.74, 6) is 1.39. The second-order valence-electron chi connectivity index (χ2n) is 5.31. The summed E-state index contributed by atoms with van der Waals surface area (Å²) in [6.45, 7) is 6.37. The van der Waals surface area contributed by atoms with Crippen molar-refractivity contribution in [2.45, 2.75) is 20.3 Å². The molecule has 6 nitrogen and oxygen atoms in total. The van der Waals surface area contributed by atoms with Crippen LogP contribution in [0.4, 0.5) is 5.82 Å². The first kappa shape index (κ1) is 17.7. The Hall–Kier alpha value is -2.63. The Balaban J connectivity index is 1.88. The van der Waals surface area contributed by atoms with Gasteiger partial charge in [-0.25, -0.2) is 0 Å². The van der Waals surface area contributed by atoms with E-state index in [1.54, 1.807) is 13.2 Å². The van der Waals surface area contributed by atoms with Crippen LogP contribution in [0.25, 0.3) is 0 Å². The lowest BCUT2D eigenvalue weighted by atomic mass is 10.1. The van der Waals surface area contributed by atoms with Crippen molar-refractivity contribution in [3.05, 3.63) is 47.7 Å². The minimum absolute atomic E-state index is 0.212. The van der Waals surface area contributed by atoms with Gasteiger partial charge in [-0.2, -0.15) is 0 Å². The lowest BCUT2D eigenvalue weighted by molar-refractivity contribution is 0.0948. The normalized spacial score (nSPS) is 10.3. The summed E-state index contributed by atoms with van der Waals surface area (Å²) in [4.78, 5) is 14.2. The van der Waals surface area contributed by atoms with Crippen LogP contribution in [-0.2, 0) is 6.42 Å². The number of hydrogen-bond acceptors (Lipinski definition) is 5. The first-order chi connectivity index (χ1) is 11.7. The number of anilines is 1. The van der Waals surface area contributed by atoms with E-state index in [-0.39, 0.29) is 5.91 Å². The Morgan fingerprint density at radius 3 is 2.58 bits per heavy atom. The highest BCUT2D eigenvalue weighted by atomic mass is 16.5. The highest BCUT2D eigenvalue weighted by Crippen LogP contribution is 2.12. The van der Waals surface area contributed by atoms with Crippen LogP contribution in [0.2, 0.25) is 0 Å². The second-order valence-corrected chi connectivity index (χ2v) is 5.31. The zero-order valence-corrected chi connectivity index (χ0v) is 14.5. The summed E-state index contributed by atoms with van der Waals surface area (Å²) in [5, 5.41) is 11.0. The van der Waals surface area contributed by atoms with Crippen LogP contribution in [-0.4, -0.2) is 42.8 Å². The minimum atomic E-state index is -0.212. The molecule has 1 amide bonds. The van der Waals surface area contributed by atoms with Crippen molar-refractivity contribution < 1.29 is 9.53 Å². The summed E-state index contributed by atoms with van der Waals surface area (Å²) < 4.78 is 5.19. The van der Waals surface area contributed by atoms with Crippen molar-refractivity contribution >= 4 is 11.7 Å². The van der Waals surface area contributed by atoms with E-state index in [4.69, 9.17) is 4.74 Å². The summed E-state index contributed by atoms with van der Waals surface area (Å²) in [7, 11) is 1.64. The molecule has 0 fully saturated rings. The van der Waals surface area contributed by atoms with E-state index in [0.717, 1.165) is 36.6 Å². The number of methoxy groups -OCH3 is 1. The molecule has 0 spiro atoms. The van der Waals surface area contributed by atoms with Gasteiger partial charge in [0, 0.05) is 19.6 Å². The van der Waals surface area contributed by atoms with Gasteiger partial charge >= 0.3 is 0 Å². The fraction of sp³-hybridized carbons (Fsp3) is 0.389. The summed E-state index contributed by atoms with van der Waals surface area (Å²) >= 11 is 0. The van der Waals surface area contributed by atoms with E-state index in [1.165, 1.54) is 0 Å². The monoisotopic (exact) mass is 328 g/mol. The van der Waals surface area contributed by atoms with E-state index in [9.17, 15) is 4.79 Å². The first-order valence-corrected chi connectivity index (χ1v) is 8.17. The number of rotatable bonds is 8. The van der Waals surface area contributed by atoms with Gasteiger partial charge in [0.05, 0.1) is 7.11 Å². The van der Waals surface area contributed by atoms with E-state index >= 15 is 0 Å². The van der Waals surface area contributed by atoms with E-state index in [2.05, 4.69) is 34.3 Å². The molecule has 0 saturated carbocycles. The molecule has 0 radical (unpaired) electrons. The summed E-state index contributed by atoms with van der Waals surface area (Å²) in [5.41, 5.74) is 1.44. The van der Waals surface area contributed by atoms with Crippen molar-refractivity contribution in [3.63, 3.8) is 0 Å². The summed E-state index contributed by atoms with van der Waals surface area (Å²) in [6, 6.07) is 11.3. The van der Waals surface area contributed by atoms with Crippen LogP contribution in [0, 0.1) is 0 Å². The molecule has 1 aromatic heterocycles. The molecule has 24 heavy (non-hydrogen) atoms. The van der Waals surface area contributed by atoms with E-state index in [1.807, 2.05) is 30.3 Å². The Morgan fingerprint density at radius 2 is 1.96 bits per heavy atom. The molecule has 0 unspecified atom stereocenters. The van der Waals surface area contributed by atoms with Crippen LogP contribution < -0.4 is 15.0 Å². The van der Waals surface area contributed by atoms with Gasteiger partial charge in [0.25, 0.3) is 5.91 Å². The largest absolute Gasteiger partial charge is 0.497 e. The molecule has 0 aliphatic carbocycles. The van der Waals surface area contributed by atoms with Crippen LogP contribution in [0.3, 0.4) is 0 Å². The van der Waals surface area contributed by atoms with Crippen LogP contribution in [0.1, 0.15) is 29.9 Å². The maximum atomic E-state index is 12.1. The van der Waals surface area contributed by atoms with Crippen LogP contribution in [0.5, 0.6) is 5.75 Å². The number of nitrogens with zero attached hydrogens (tertiary/aromatic N) is 3. The molecule has 1 N–H and O–H groups in total. The lowest BCUT2D eigenvalue weighted by Gasteiger charge is -2.18. The number of hydrogen-bond donors (Lipinski definition) is 1. The molecule has 0 bridgehead atoms. The number of carbonyl (C=O) groups is 1. The van der Waals surface area contributed by atoms with Gasteiger partial charge in [0.1, 0.15) is 5.75 Å². The van der Waals surface area contributed by atoms with Crippen molar-refractivity contribution in [1.82, 2.24) is 15.5 Å². The Kier molecular flexibility index (Phi) is 6.54. The SMILES string of the molecule is CCN(CC)c1ccc(C(=O)NCCc2cccc(OC)c2)nn1. The Labute approximate surface area is 142 Å². The van der Waals surface area contributed by atoms with Crippen molar-refractivity contribution in [1.29, 1.82) is 0 Å². The van der Waals surface area contributed by atoms with Gasteiger partial charge in [-0.3, -0.25) is 4.79 Å². The molecule has 1 heterocycles. The number of nitrogens with one attached hydrogen (secondary N) is 1. The molecule has 128 valence electrons. The third kappa shape index (κ3) is 4.68. The molecule has 0 aliphatic heterocycles. The number of benzene rings is 1. The van der Waals surface area contributed by atoms with Crippen LogP contribution >= 0.6 is 0 Å². The molecule has 6 heteroatoms. The van der Waals surface area contributed by atoms with Crippen LogP contribution in [0.15, 0.2) is 36.4 Å². The third-order valence-corrected chi connectivity index (χ3v) is 3.80. The number of ether oxygens (including phenoxy) is 1. The fourth-order valence-electron chi connectivity index (χ4n) is 2.40. The molecular weight excluding hydrogens is 304 g/mol. The zero-order valence-electron chi connectivity index (χ0n) is 14.5. The van der Waals surface area contributed by atoms with Gasteiger partial charge in [-0.1, -0.05) is 12.1 Å². The second kappa shape index (κ2) is 8.86. The van der Waals surface area contributed by atoms with Crippen molar-refractivity contribution in [3.8, 4) is 5.75 Å². The van der Waals surface area contributed by atoms with Crippen molar-refractivity contribution in [2.24, 2.45) is 0 Å². The Morgan fingerprint density at radius 1 is 1.17 bits per heavy atom. The predicted molar refractivity (Wildman–Crippen MR) is 94.6 cm³/mol. The molecule has 0 atom stereocenters. The quantitative estimate of drug-likeness (QED) is 0.805.